The van der Waals surface area contributed by atoms with Crippen LogP contribution in [0.2, 0.25) is 0 Å². The van der Waals surface area contributed by atoms with Gasteiger partial charge in [0.05, 0.1) is 5.69 Å². The van der Waals surface area contributed by atoms with Gasteiger partial charge in [-0.2, -0.15) is 12.6 Å². The number of unbranched alkanes of at least 4 members (excludes halogenated alkanes) is 2. The van der Waals surface area contributed by atoms with E-state index >= 15 is 0 Å². The van der Waals surface area contributed by atoms with E-state index in [-0.39, 0.29) is 34.6 Å². The summed E-state index contributed by atoms with van der Waals surface area (Å²) in [6.45, 7) is 13.3. The molecule has 1 atom stereocenters. The maximum Gasteiger partial charge on any atom is 0.256 e. The molecule has 1 aliphatic rings. The fraction of sp³-hybridized carbons (Fsp3) is 0.419. The predicted molar refractivity (Wildman–Crippen MR) is 220 cm³/mol. The summed E-state index contributed by atoms with van der Waals surface area (Å²) < 4.78 is 0. The van der Waals surface area contributed by atoms with Crippen LogP contribution in [0.25, 0.3) is 11.1 Å². The molecule has 52 heavy (non-hydrogen) atoms. The number of aromatic hydroxyl groups is 1. The summed E-state index contributed by atoms with van der Waals surface area (Å²) >= 11 is 4.15. The molecule has 0 saturated carbocycles. The van der Waals surface area contributed by atoms with Gasteiger partial charge in [-0.25, -0.2) is 0 Å². The van der Waals surface area contributed by atoms with Gasteiger partial charge in [0.1, 0.15) is 11.5 Å². The average Bonchev–Trinajstić information content (AvgIpc) is 3.70. The molecule has 1 unspecified atom stereocenters. The van der Waals surface area contributed by atoms with Crippen molar-refractivity contribution in [1.82, 2.24) is 10.2 Å². The van der Waals surface area contributed by atoms with Gasteiger partial charge in [0, 0.05) is 29.3 Å². The molecular formula is C43H60N4O4S. The summed E-state index contributed by atoms with van der Waals surface area (Å²) in [5, 5.41) is 17.8. The molecule has 4 rings (SSSR count). The number of carbonyl (C=O) groups excluding carboxylic acids is 3. The Morgan fingerprint density at radius 3 is 2.15 bits per heavy atom. The molecule has 1 aliphatic heterocycles. The minimum absolute atomic E-state index is 0.192. The highest BCUT2D eigenvalue weighted by Crippen LogP contribution is 2.28. The zero-order chi connectivity index (χ0) is 38.3. The molecule has 0 bridgehead atoms. The zero-order valence-corrected chi connectivity index (χ0v) is 32.7. The normalized spacial score (nSPS) is 13.6. The molecule has 2 amide bonds. The Bertz CT molecular complexity index is 1600. The molecule has 282 valence electrons. The summed E-state index contributed by atoms with van der Waals surface area (Å²) in [6.07, 6.45) is 11.8. The second-order valence-electron chi connectivity index (χ2n) is 13.0. The van der Waals surface area contributed by atoms with Crippen LogP contribution in [0.1, 0.15) is 113 Å². The van der Waals surface area contributed by atoms with Crippen molar-refractivity contribution in [3.8, 4) is 16.9 Å². The quantitative estimate of drug-likeness (QED) is 0.0460. The number of Topliss-reactive ketones (excluding diaryl/α,β-unsaturated/α-hetero) is 1. The number of nitrogens with zero attached hydrogens (tertiary/aromatic N) is 1. The van der Waals surface area contributed by atoms with Crippen molar-refractivity contribution < 1.29 is 19.5 Å². The number of amides is 2. The number of nitrogens with two attached hydrogens (primary N) is 1. The van der Waals surface area contributed by atoms with Gasteiger partial charge in [0.15, 0.2) is 0 Å². The Hall–Kier alpha value is -4.18. The van der Waals surface area contributed by atoms with Crippen molar-refractivity contribution >= 4 is 35.9 Å². The lowest BCUT2D eigenvalue weighted by atomic mass is 9.99. The number of hydrogen-bond donors (Lipinski definition) is 5. The molecule has 3 aromatic carbocycles. The maximum absolute atomic E-state index is 13.1. The van der Waals surface area contributed by atoms with Crippen molar-refractivity contribution in [1.29, 1.82) is 0 Å². The Morgan fingerprint density at radius 2 is 1.58 bits per heavy atom. The van der Waals surface area contributed by atoms with Crippen LogP contribution in [-0.4, -0.2) is 53.3 Å². The van der Waals surface area contributed by atoms with Crippen LogP contribution in [0, 0.1) is 0 Å². The van der Waals surface area contributed by atoms with E-state index in [1.54, 1.807) is 36.6 Å². The summed E-state index contributed by atoms with van der Waals surface area (Å²) in [5.41, 5.74) is 10.00. The molecule has 0 aromatic heterocycles. The topological polar surface area (TPSA) is 125 Å². The molecule has 1 heterocycles. The van der Waals surface area contributed by atoms with Crippen LogP contribution in [0.4, 0.5) is 5.69 Å². The maximum atomic E-state index is 13.1. The minimum Gasteiger partial charge on any atom is -0.506 e. The molecule has 1 fully saturated rings. The first-order chi connectivity index (χ1) is 25.1. The van der Waals surface area contributed by atoms with Crippen LogP contribution < -0.4 is 16.4 Å². The largest absolute Gasteiger partial charge is 0.506 e. The number of thiol groups is 1. The van der Waals surface area contributed by atoms with Crippen molar-refractivity contribution in [2.75, 3.05) is 25.0 Å². The first-order valence-corrected chi connectivity index (χ1v) is 19.2. The van der Waals surface area contributed by atoms with E-state index in [0.717, 1.165) is 55.0 Å². The fourth-order valence-corrected chi connectivity index (χ4v) is 5.95. The number of phenols is 1. The number of nitrogens with one attached hydrogen (secondary N) is 2. The average molecular weight is 729 g/mol. The van der Waals surface area contributed by atoms with E-state index in [4.69, 9.17) is 5.73 Å². The van der Waals surface area contributed by atoms with Crippen LogP contribution in [0.15, 0.2) is 95.6 Å². The van der Waals surface area contributed by atoms with Gasteiger partial charge < -0.3 is 31.2 Å². The Labute approximate surface area is 317 Å². The minimum atomic E-state index is -0.353. The van der Waals surface area contributed by atoms with Gasteiger partial charge >= 0.3 is 0 Å². The summed E-state index contributed by atoms with van der Waals surface area (Å²) in [7, 11) is 0. The Balaban J connectivity index is 0.000000482. The van der Waals surface area contributed by atoms with Crippen LogP contribution in [0.5, 0.6) is 5.75 Å². The number of phenolic OH excluding ortho intramolecular Hbond substituents is 1. The summed E-state index contributed by atoms with van der Waals surface area (Å²) in [6, 6.07) is 22.1. The highest BCUT2D eigenvalue weighted by molar-refractivity contribution is 7.83. The zero-order valence-electron chi connectivity index (χ0n) is 31.8. The third-order valence-electron chi connectivity index (χ3n) is 9.00. The van der Waals surface area contributed by atoms with Gasteiger partial charge in [0.2, 0.25) is 0 Å². The van der Waals surface area contributed by atoms with Crippen LogP contribution >= 0.6 is 12.6 Å². The van der Waals surface area contributed by atoms with Gasteiger partial charge in [-0.05, 0) is 124 Å². The molecule has 5 N–H and O–H groups in total. The van der Waals surface area contributed by atoms with E-state index < -0.39 is 0 Å². The molecule has 1 saturated heterocycles. The molecule has 0 spiro atoms. The first-order valence-electron chi connectivity index (χ1n) is 18.6. The van der Waals surface area contributed by atoms with Crippen molar-refractivity contribution in [2.45, 2.75) is 98.4 Å². The van der Waals surface area contributed by atoms with Gasteiger partial charge in [-0.15, -0.1) is 0 Å². The number of benzene rings is 3. The smallest absolute Gasteiger partial charge is 0.256 e. The Kier molecular flexibility index (Phi) is 21.1. The fourth-order valence-electron chi connectivity index (χ4n) is 5.80. The van der Waals surface area contributed by atoms with E-state index in [0.29, 0.717) is 17.7 Å². The molecule has 9 heteroatoms. The SMILES string of the molecule is CCC(C)=O.CCC(CCN)N1CCCC1.CCCCC/C(C)=C(/C=C\S)NC(=O)c1ccc(NC(=O)c2ccccc2-c2ccccc2)c(O)c1. The second kappa shape index (κ2) is 24.9. The first kappa shape index (κ1) is 44.0. The van der Waals surface area contributed by atoms with Crippen molar-refractivity contribution in [2.24, 2.45) is 5.73 Å². The van der Waals surface area contributed by atoms with E-state index in [2.05, 4.69) is 42.0 Å². The third kappa shape index (κ3) is 15.2. The van der Waals surface area contributed by atoms with E-state index in [1.807, 2.05) is 56.3 Å². The highest BCUT2D eigenvalue weighted by atomic mass is 32.1. The number of allylic oxidation sites excluding steroid dienone is 2. The monoisotopic (exact) mass is 728 g/mol. The lowest BCUT2D eigenvalue weighted by Gasteiger charge is -2.25. The molecule has 0 radical (unpaired) electrons. The molecule has 0 aliphatic carbocycles. The Morgan fingerprint density at radius 1 is 0.923 bits per heavy atom. The summed E-state index contributed by atoms with van der Waals surface area (Å²) in [4.78, 5) is 38.3. The van der Waals surface area contributed by atoms with E-state index in [1.165, 1.54) is 50.9 Å². The summed E-state index contributed by atoms with van der Waals surface area (Å²) in [5.74, 6) is -0.643. The predicted octanol–water partition coefficient (Wildman–Crippen LogP) is 9.53. The lowest BCUT2D eigenvalue weighted by Crippen LogP contribution is -2.33. The highest BCUT2D eigenvalue weighted by Gasteiger charge is 2.19. The second-order valence-corrected chi connectivity index (χ2v) is 13.3. The van der Waals surface area contributed by atoms with Crippen molar-refractivity contribution in [3.05, 3.63) is 107 Å². The third-order valence-corrected chi connectivity index (χ3v) is 9.14. The number of likely N-dealkylation sites (tertiary alicyclic amines) is 1. The number of rotatable bonds is 15. The number of carbonyl (C=O) groups is 3. The van der Waals surface area contributed by atoms with Crippen LogP contribution in [0.3, 0.4) is 0 Å². The number of hydrogen-bond acceptors (Lipinski definition) is 7. The number of anilines is 1. The van der Waals surface area contributed by atoms with Gasteiger partial charge in [-0.3, -0.25) is 9.59 Å². The molecule has 3 aromatic rings. The van der Waals surface area contributed by atoms with Crippen molar-refractivity contribution in [3.63, 3.8) is 0 Å². The standard InChI is InChI=1S/C30H32N2O3S.C9H20N2.C4H8O/c1-3-4-6-11-21(2)26(18-19-36)31-29(34)23-16-17-27(28(33)20-23)32-30(35)25-15-10-9-14-24(25)22-12-7-5-8-13-22;1-2-9(5-6-10)11-7-3-4-8-11;1-3-4(2)5/h5,7-10,12-20,33,36H,3-4,6,11H2,1-2H3,(H,31,34)(H,32,35);9H,2-8,10H2,1H3;3H2,1-2H3/b19-18-,26-21-;;. The lowest BCUT2D eigenvalue weighted by molar-refractivity contribution is -0.116. The van der Waals surface area contributed by atoms with Gasteiger partial charge in [0.25, 0.3) is 11.8 Å². The van der Waals surface area contributed by atoms with Crippen LogP contribution in [-0.2, 0) is 4.79 Å². The van der Waals surface area contributed by atoms with Gasteiger partial charge in [-0.1, -0.05) is 82.1 Å². The molecule has 8 nitrogen and oxygen atoms in total. The number of ketones is 1. The van der Waals surface area contributed by atoms with E-state index in [9.17, 15) is 19.5 Å². The molecular weight excluding hydrogens is 669 g/mol.